The molecule has 0 fully saturated rings. The normalized spacial score (nSPS) is 10.8. The molecule has 108 valence electrons. The lowest BCUT2D eigenvalue weighted by Gasteiger charge is -2.13. The zero-order valence-electron chi connectivity index (χ0n) is 11.6. The molecule has 0 spiro atoms. The Balaban J connectivity index is 2.31. The zero-order valence-corrected chi connectivity index (χ0v) is 11.6. The quantitative estimate of drug-likeness (QED) is 0.804. The molecule has 5 nitrogen and oxygen atoms in total. The fraction of sp³-hybridized carbons (Fsp3) is 0.133. The third-order valence-electron chi connectivity index (χ3n) is 3.27. The van der Waals surface area contributed by atoms with Crippen LogP contribution in [0.15, 0.2) is 36.4 Å². The number of fused-ring (bicyclic) bond motifs is 1. The van der Waals surface area contributed by atoms with Crippen molar-refractivity contribution < 1.29 is 13.9 Å². The molecule has 1 aromatic heterocycles. The summed E-state index contributed by atoms with van der Waals surface area (Å²) >= 11 is 0. The van der Waals surface area contributed by atoms with Crippen LogP contribution >= 0.6 is 0 Å². The van der Waals surface area contributed by atoms with Crippen molar-refractivity contribution >= 4 is 17.0 Å². The first-order valence-corrected chi connectivity index (χ1v) is 6.30. The highest BCUT2D eigenvalue weighted by Gasteiger charge is 2.15. The lowest BCUT2D eigenvalue weighted by atomic mass is 10.2. The second-order valence-corrected chi connectivity index (χ2v) is 4.48. The molecule has 0 unspecified atom stereocenters. The van der Waals surface area contributed by atoms with Crippen molar-refractivity contribution in [2.45, 2.75) is 0 Å². The number of nitrogen functional groups attached to an aromatic ring is 1. The van der Waals surface area contributed by atoms with Gasteiger partial charge in [-0.1, -0.05) is 0 Å². The van der Waals surface area contributed by atoms with Crippen LogP contribution in [0.2, 0.25) is 0 Å². The Labute approximate surface area is 120 Å². The number of ether oxygens (including phenoxy) is 2. The Bertz CT molecular complexity index is 814. The van der Waals surface area contributed by atoms with E-state index in [1.54, 1.807) is 43.1 Å². The number of nitrogens with two attached hydrogens (primary N) is 1. The molecule has 2 aromatic carbocycles. The highest BCUT2D eigenvalue weighted by atomic mass is 19.1. The summed E-state index contributed by atoms with van der Waals surface area (Å²) < 4.78 is 25.6. The summed E-state index contributed by atoms with van der Waals surface area (Å²) in [4.78, 5) is 4.19. The lowest BCUT2D eigenvalue weighted by Crippen LogP contribution is -2.03. The first-order chi connectivity index (χ1) is 10.1. The fourth-order valence-electron chi connectivity index (χ4n) is 2.30. The van der Waals surface area contributed by atoms with Crippen LogP contribution in [0.25, 0.3) is 16.7 Å². The summed E-state index contributed by atoms with van der Waals surface area (Å²) in [7, 11) is 3.15. The van der Waals surface area contributed by atoms with Crippen molar-refractivity contribution in [1.29, 1.82) is 0 Å². The summed E-state index contributed by atoms with van der Waals surface area (Å²) in [5, 5.41) is 0. The summed E-state index contributed by atoms with van der Waals surface area (Å²) in [5.41, 5.74) is 7.85. The molecule has 0 aliphatic rings. The molecule has 0 amide bonds. The molecule has 0 saturated heterocycles. The lowest BCUT2D eigenvalue weighted by molar-refractivity contribution is 0.402. The van der Waals surface area contributed by atoms with E-state index in [4.69, 9.17) is 15.2 Å². The van der Waals surface area contributed by atoms with E-state index in [0.717, 1.165) is 0 Å². The van der Waals surface area contributed by atoms with Gasteiger partial charge in [-0.05, 0) is 24.3 Å². The zero-order chi connectivity index (χ0) is 15.0. The second-order valence-electron chi connectivity index (χ2n) is 4.48. The first kappa shape index (κ1) is 13.2. The number of methoxy groups -OCH3 is 2. The number of nitrogens with zero attached hydrogens (tertiary/aromatic N) is 2. The molecule has 21 heavy (non-hydrogen) atoms. The smallest absolute Gasteiger partial charge is 0.206 e. The van der Waals surface area contributed by atoms with Gasteiger partial charge in [0.15, 0.2) is 0 Å². The van der Waals surface area contributed by atoms with Crippen molar-refractivity contribution in [3.05, 3.63) is 42.2 Å². The van der Waals surface area contributed by atoms with Crippen LogP contribution in [-0.4, -0.2) is 23.8 Å². The molecule has 0 aliphatic heterocycles. The van der Waals surface area contributed by atoms with Crippen LogP contribution in [0, 0.1) is 5.82 Å². The van der Waals surface area contributed by atoms with E-state index >= 15 is 0 Å². The number of imidazole rings is 1. The number of benzene rings is 2. The van der Waals surface area contributed by atoms with Crippen LogP contribution in [0.1, 0.15) is 0 Å². The maximum atomic E-state index is 13.3. The van der Waals surface area contributed by atoms with Crippen molar-refractivity contribution in [1.82, 2.24) is 9.55 Å². The van der Waals surface area contributed by atoms with Gasteiger partial charge in [-0.2, -0.15) is 0 Å². The van der Waals surface area contributed by atoms with Gasteiger partial charge in [0.25, 0.3) is 0 Å². The number of rotatable bonds is 3. The van der Waals surface area contributed by atoms with Crippen molar-refractivity contribution in [2.24, 2.45) is 0 Å². The number of halogens is 1. The Morgan fingerprint density at radius 1 is 1.10 bits per heavy atom. The van der Waals surface area contributed by atoms with Gasteiger partial charge in [-0.15, -0.1) is 0 Å². The van der Waals surface area contributed by atoms with Gasteiger partial charge in [-0.25, -0.2) is 9.37 Å². The Kier molecular flexibility index (Phi) is 3.13. The van der Waals surface area contributed by atoms with Crippen LogP contribution in [0.3, 0.4) is 0 Å². The molecule has 0 saturated carbocycles. The van der Waals surface area contributed by atoms with Crippen LogP contribution < -0.4 is 15.2 Å². The molecule has 0 bridgehead atoms. The first-order valence-electron chi connectivity index (χ1n) is 6.30. The minimum atomic E-state index is -0.357. The van der Waals surface area contributed by atoms with E-state index in [1.165, 1.54) is 12.1 Å². The third kappa shape index (κ3) is 2.14. The van der Waals surface area contributed by atoms with Gasteiger partial charge in [0, 0.05) is 12.1 Å². The maximum Gasteiger partial charge on any atom is 0.206 e. The Morgan fingerprint density at radius 3 is 2.62 bits per heavy atom. The van der Waals surface area contributed by atoms with E-state index in [1.807, 2.05) is 0 Å². The summed E-state index contributed by atoms with van der Waals surface area (Å²) in [6.45, 7) is 0. The van der Waals surface area contributed by atoms with Crippen LogP contribution in [-0.2, 0) is 0 Å². The van der Waals surface area contributed by atoms with Gasteiger partial charge in [0.2, 0.25) is 5.95 Å². The molecule has 3 rings (SSSR count). The van der Waals surface area contributed by atoms with Crippen LogP contribution in [0.5, 0.6) is 11.5 Å². The molecule has 6 heteroatoms. The molecule has 0 aliphatic carbocycles. The monoisotopic (exact) mass is 287 g/mol. The number of aromatic nitrogens is 2. The van der Waals surface area contributed by atoms with E-state index < -0.39 is 0 Å². The van der Waals surface area contributed by atoms with E-state index in [-0.39, 0.29) is 11.8 Å². The fourth-order valence-corrected chi connectivity index (χ4v) is 2.30. The molecule has 1 heterocycles. The predicted molar refractivity (Wildman–Crippen MR) is 78.5 cm³/mol. The summed E-state index contributed by atoms with van der Waals surface area (Å²) in [5.74, 6) is 1.17. The van der Waals surface area contributed by atoms with E-state index in [9.17, 15) is 4.39 Å². The van der Waals surface area contributed by atoms with Gasteiger partial charge >= 0.3 is 0 Å². The number of hydrogen-bond acceptors (Lipinski definition) is 4. The highest BCUT2D eigenvalue weighted by Crippen LogP contribution is 2.32. The maximum absolute atomic E-state index is 13.3. The average Bonchev–Trinajstić information content (AvgIpc) is 2.81. The van der Waals surface area contributed by atoms with E-state index in [0.29, 0.717) is 28.2 Å². The van der Waals surface area contributed by atoms with Crippen molar-refractivity contribution in [3.8, 4) is 17.2 Å². The van der Waals surface area contributed by atoms with E-state index in [2.05, 4.69) is 4.98 Å². The third-order valence-corrected chi connectivity index (χ3v) is 3.27. The molecule has 2 N–H and O–H groups in total. The van der Waals surface area contributed by atoms with Crippen LogP contribution in [0.4, 0.5) is 10.3 Å². The number of hydrogen-bond donors (Lipinski definition) is 1. The second kappa shape index (κ2) is 4.97. The molecular formula is C15H14FN3O2. The molecule has 0 atom stereocenters. The van der Waals surface area contributed by atoms with Gasteiger partial charge < -0.3 is 15.2 Å². The largest absolute Gasteiger partial charge is 0.497 e. The SMILES string of the molecule is COc1ccc(OC)c(-n2c(N)nc3cc(F)ccc32)c1. The Morgan fingerprint density at radius 2 is 1.90 bits per heavy atom. The topological polar surface area (TPSA) is 62.3 Å². The molecular weight excluding hydrogens is 273 g/mol. The van der Waals surface area contributed by atoms with Gasteiger partial charge in [-0.3, -0.25) is 4.57 Å². The predicted octanol–water partition coefficient (Wildman–Crippen LogP) is 2.76. The molecule has 0 radical (unpaired) electrons. The minimum Gasteiger partial charge on any atom is -0.497 e. The molecule has 3 aromatic rings. The standard InChI is InChI=1S/C15H14FN3O2/c1-20-10-4-6-14(21-2)13(8-10)19-12-5-3-9(16)7-11(12)18-15(19)17/h3-8H,1-2H3,(H2,17,18). The highest BCUT2D eigenvalue weighted by molar-refractivity contribution is 5.81. The minimum absolute atomic E-state index is 0.252. The summed E-state index contributed by atoms with van der Waals surface area (Å²) in [6, 6.07) is 9.70. The number of anilines is 1. The van der Waals surface area contributed by atoms with Gasteiger partial charge in [0.1, 0.15) is 17.3 Å². The summed E-state index contributed by atoms with van der Waals surface area (Å²) in [6.07, 6.45) is 0. The van der Waals surface area contributed by atoms with Crippen molar-refractivity contribution in [2.75, 3.05) is 20.0 Å². The van der Waals surface area contributed by atoms with Crippen molar-refractivity contribution in [3.63, 3.8) is 0 Å². The van der Waals surface area contributed by atoms with Gasteiger partial charge in [0.05, 0.1) is 30.9 Å². The Hall–Kier alpha value is -2.76. The average molecular weight is 287 g/mol.